The highest BCUT2D eigenvalue weighted by Crippen LogP contribution is 2.06. The van der Waals surface area contributed by atoms with Gasteiger partial charge in [-0.3, -0.25) is 4.79 Å². The zero-order valence-corrected chi connectivity index (χ0v) is 7.91. The monoisotopic (exact) mass is 200 g/mol. The standard InChI is InChI=1S/C8H9ClN2O2/c1-3-4-13-7-5-6(12)8(9)10-11(7)2/h3,5H,1,4H2,2H3. The van der Waals surface area contributed by atoms with E-state index in [-0.39, 0.29) is 10.6 Å². The molecule has 13 heavy (non-hydrogen) atoms. The fourth-order valence-electron chi connectivity index (χ4n) is 0.775. The summed E-state index contributed by atoms with van der Waals surface area (Å²) in [6.45, 7) is 3.82. The van der Waals surface area contributed by atoms with E-state index in [2.05, 4.69) is 11.7 Å². The molecule has 1 aromatic rings. The topological polar surface area (TPSA) is 44.1 Å². The minimum absolute atomic E-state index is 0.0616. The summed E-state index contributed by atoms with van der Waals surface area (Å²) in [4.78, 5) is 11.0. The normalized spacial score (nSPS) is 9.69. The number of hydrogen-bond donors (Lipinski definition) is 0. The van der Waals surface area contributed by atoms with Gasteiger partial charge in [0, 0.05) is 7.05 Å². The lowest BCUT2D eigenvalue weighted by molar-refractivity contribution is 0.322. The molecule has 0 fully saturated rings. The molecule has 0 atom stereocenters. The van der Waals surface area contributed by atoms with Gasteiger partial charge in [0.05, 0.1) is 6.07 Å². The minimum atomic E-state index is -0.348. The molecule has 0 saturated carbocycles. The zero-order valence-electron chi connectivity index (χ0n) is 7.16. The Bertz CT molecular complexity index is 373. The van der Waals surface area contributed by atoms with E-state index < -0.39 is 0 Å². The first-order valence-corrected chi connectivity index (χ1v) is 4.00. The second-order valence-electron chi connectivity index (χ2n) is 2.36. The highest BCUT2D eigenvalue weighted by atomic mass is 35.5. The van der Waals surface area contributed by atoms with Crippen LogP contribution in [0, 0.1) is 0 Å². The summed E-state index contributed by atoms with van der Waals surface area (Å²) in [5.41, 5.74) is -0.348. The molecule has 0 bridgehead atoms. The summed E-state index contributed by atoms with van der Waals surface area (Å²) in [5.74, 6) is 0.370. The van der Waals surface area contributed by atoms with Gasteiger partial charge in [-0.2, -0.15) is 5.10 Å². The van der Waals surface area contributed by atoms with Crippen molar-refractivity contribution in [1.29, 1.82) is 0 Å². The Morgan fingerprint density at radius 3 is 3.15 bits per heavy atom. The molecule has 5 heteroatoms. The van der Waals surface area contributed by atoms with Crippen LogP contribution in [0.15, 0.2) is 23.5 Å². The predicted molar refractivity (Wildman–Crippen MR) is 50.2 cm³/mol. The lowest BCUT2D eigenvalue weighted by Gasteiger charge is -2.06. The summed E-state index contributed by atoms with van der Waals surface area (Å²) in [6.07, 6.45) is 1.58. The number of halogens is 1. The van der Waals surface area contributed by atoms with Gasteiger partial charge >= 0.3 is 0 Å². The average molecular weight is 201 g/mol. The van der Waals surface area contributed by atoms with Gasteiger partial charge in [0.1, 0.15) is 6.61 Å². The van der Waals surface area contributed by atoms with E-state index in [1.54, 1.807) is 13.1 Å². The molecule has 70 valence electrons. The molecule has 1 heterocycles. The zero-order chi connectivity index (χ0) is 9.84. The number of aromatic nitrogens is 2. The molecular weight excluding hydrogens is 192 g/mol. The predicted octanol–water partition coefficient (Wildman–Crippen LogP) is 0.998. The van der Waals surface area contributed by atoms with Crippen molar-refractivity contribution in [2.75, 3.05) is 6.61 Å². The Labute approximate surface area is 80.4 Å². The van der Waals surface area contributed by atoms with Crippen LogP contribution in [0.2, 0.25) is 5.15 Å². The molecule has 0 radical (unpaired) electrons. The van der Waals surface area contributed by atoms with E-state index in [4.69, 9.17) is 16.3 Å². The first-order valence-electron chi connectivity index (χ1n) is 3.62. The van der Waals surface area contributed by atoms with E-state index in [9.17, 15) is 4.79 Å². The van der Waals surface area contributed by atoms with Crippen LogP contribution >= 0.6 is 11.6 Å². The maximum atomic E-state index is 11.0. The SMILES string of the molecule is C=CCOc1cc(=O)c(Cl)nn1C. The van der Waals surface area contributed by atoms with Crippen molar-refractivity contribution in [3.8, 4) is 5.88 Å². The van der Waals surface area contributed by atoms with Crippen LogP contribution < -0.4 is 10.2 Å². The van der Waals surface area contributed by atoms with Gasteiger partial charge in [-0.1, -0.05) is 24.3 Å². The molecular formula is C8H9ClN2O2. The number of rotatable bonds is 3. The summed E-state index contributed by atoms with van der Waals surface area (Å²) in [5, 5.41) is 3.67. The number of ether oxygens (including phenoxy) is 1. The fourth-order valence-corrected chi connectivity index (χ4v) is 0.943. The van der Waals surface area contributed by atoms with Crippen molar-refractivity contribution in [3.63, 3.8) is 0 Å². The number of hydrogen-bond acceptors (Lipinski definition) is 3. The summed E-state index contributed by atoms with van der Waals surface area (Å²) in [7, 11) is 1.64. The Hall–Kier alpha value is -1.29. The molecule has 0 unspecified atom stereocenters. The van der Waals surface area contributed by atoms with Crippen LogP contribution in [0.5, 0.6) is 5.88 Å². The molecule has 1 rings (SSSR count). The molecule has 0 N–H and O–H groups in total. The summed E-state index contributed by atoms with van der Waals surface area (Å²) >= 11 is 5.50. The van der Waals surface area contributed by atoms with Gasteiger partial charge < -0.3 is 4.74 Å². The molecule has 0 amide bonds. The number of aryl methyl sites for hydroxylation is 1. The van der Waals surface area contributed by atoms with E-state index in [1.807, 2.05) is 0 Å². The van der Waals surface area contributed by atoms with Gasteiger partial charge in [0.15, 0.2) is 5.15 Å². The first-order chi connectivity index (χ1) is 6.15. The summed E-state index contributed by atoms with van der Waals surface area (Å²) < 4.78 is 6.54. The van der Waals surface area contributed by atoms with Crippen molar-refractivity contribution in [1.82, 2.24) is 9.78 Å². The van der Waals surface area contributed by atoms with Crippen LogP contribution in [0.25, 0.3) is 0 Å². The van der Waals surface area contributed by atoms with Gasteiger partial charge in [-0.25, -0.2) is 4.68 Å². The van der Waals surface area contributed by atoms with Crippen molar-refractivity contribution in [3.05, 3.63) is 34.1 Å². The molecule has 0 aromatic carbocycles. The molecule has 4 nitrogen and oxygen atoms in total. The van der Waals surface area contributed by atoms with Crippen LogP contribution in [0.3, 0.4) is 0 Å². The minimum Gasteiger partial charge on any atom is -0.474 e. The van der Waals surface area contributed by atoms with E-state index in [0.717, 1.165) is 0 Å². The molecule has 0 aliphatic rings. The second-order valence-corrected chi connectivity index (χ2v) is 2.72. The number of nitrogens with zero attached hydrogens (tertiary/aromatic N) is 2. The Balaban J connectivity index is 3.01. The quantitative estimate of drug-likeness (QED) is 0.684. The van der Waals surface area contributed by atoms with Crippen molar-refractivity contribution in [2.45, 2.75) is 0 Å². The molecule has 0 spiro atoms. The maximum Gasteiger partial charge on any atom is 0.222 e. The maximum absolute atomic E-state index is 11.0. The first kappa shape index (κ1) is 9.80. The second kappa shape index (κ2) is 4.09. The largest absolute Gasteiger partial charge is 0.474 e. The third-order valence-corrected chi connectivity index (χ3v) is 1.63. The third kappa shape index (κ3) is 2.32. The van der Waals surface area contributed by atoms with Crippen molar-refractivity contribution >= 4 is 11.6 Å². The lowest BCUT2D eigenvalue weighted by atomic mass is 10.5. The summed E-state index contributed by atoms with van der Waals surface area (Å²) in [6, 6.07) is 1.29. The Morgan fingerprint density at radius 1 is 1.85 bits per heavy atom. The lowest BCUT2D eigenvalue weighted by Crippen LogP contribution is -2.13. The molecule has 0 aliphatic heterocycles. The Kier molecular flexibility index (Phi) is 3.08. The van der Waals surface area contributed by atoms with Crippen molar-refractivity contribution in [2.24, 2.45) is 7.05 Å². The van der Waals surface area contributed by atoms with E-state index >= 15 is 0 Å². The molecule has 1 aromatic heterocycles. The van der Waals surface area contributed by atoms with Gasteiger partial charge in [-0.05, 0) is 0 Å². The van der Waals surface area contributed by atoms with Crippen LogP contribution in [0.1, 0.15) is 0 Å². The average Bonchev–Trinajstić information content (AvgIpc) is 2.09. The van der Waals surface area contributed by atoms with E-state index in [1.165, 1.54) is 10.7 Å². The highest BCUT2D eigenvalue weighted by Gasteiger charge is 2.03. The van der Waals surface area contributed by atoms with Gasteiger partial charge in [0.2, 0.25) is 11.3 Å². The fraction of sp³-hybridized carbons (Fsp3) is 0.250. The van der Waals surface area contributed by atoms with Crippen LogP contribution in [-0.4, -0.2) is 16.4 Å². The van der Waals surface area contributed by atoms with Gasteiger partial charge in [-0.15, -0.1) is 0 Å². The van der Waals surface area contributed by atoms with Crippen LogP contribution in [-0.2, 0) is 7.05 Å². The molecule has 0 aliphatic carbocycles. The molecule has 0 saturated heterocycles. The van der Waals surface area contributed by atoms with Crippen molar-refractivity contribution < 1.29 is 4.74 Å². The van der Waals surface area contributed by atoms with Gasteiger partial charge in [0.25, 0.3) is 0 Å². The Morgan fingerprint density at radius 2 is 2.54 bits per heavy atom. The van der Waals surface area contributed by atoms with Crippen LogP contribution in [0.4, 0.5) is 0 Å². The van der Waals surface area contributed by atoms with E-state index in [0.29, 0.717) is 12.5 Å². The smallest absolute Gasteiger partial charge is 0.222 e. The highest BCUT2D eigenvalue weighted by molar-refractivity contribution is 6.29. The third-order valence-electron chi connectivity index (χ3n) is 1.36.